The summed E-state index contributed by atoms with van der Waals surface area (Å²) in [4.78, 5) is 26.7. The number of halogens is 2. The Balaban J connectivity index is 1.11. The van der Waals surface area contributed by atoms with Gasteiger partial charge in [0.25, 0.3) is 0 Å². The summed E-state index contributed by atoms with van der Waals surface area (Å²) in [5.74, 6) is 1.30. The molecule has 0 spiro atoms. The lowest BCUT2D eigenvalue weighted by atomic mass is 9.83. The molecule has 308 valence electrons. The van der Waals surface area contributed by atoms with Crippen LogP contribution in [-0.4, -0.2) is 29.9 Å². The first-order valence-corrected chi connectivity index (χ1v) is 21.1. The average Bonchev–Trinajstić information content (AvgIpc) is 3.23. The molecule has 10 nitrogen and oxygen atoms in total. The zero-order chi connectivity index (χ0) is 43.2. The SMILES string of the molecule is CC(C)(C)c1cc2cc(c1)-c1ccc(cc1)Nc1nc(Cl)nc(n1)Nc1ccc(cc1)-c1cc(cc(C(C)(C)C)c1)-c1ccc(cc1)Nc1nc(Cl)nc(n1)Nc1ccc-2cc1. The lowest BCUT2D eigenvalue weighted by Crippen LogP contribution is -2.11. The Kier molecular flexibility index (Phi) is 10.6. The Bertz CT molecular complexity index is 2550. The van der Waals surface area contributed by atoms with Crippen molar-refractivity contribution in [2.24, 2.45) is 0 Å². The van der Waals surface area contributed by atoms with Crippen LogP contribution in [0.5, 0.6) is 0 Å². The number of aromatic nitrogens is 6. The van der Waals surface area contributed by atoms with Crippen LogP contribution in [0.25, 0.3) is 44.5 Å². The van der Waals surface area contributed by atoms with Gasteiger partial charge in [0.05, 0.1) is 0 Å². The van der Waals surface area contributed by atoms with Crippen molar-refractivity contribution in [2.45, 2.75) is 52.4 Å². The van der Waals surface area contributed by atoms with Gasteiger partial charge in [-0.3, -0.25) is 0 Å². The summed E-state index contributed by atoms with van der Waals surface area (Å²) in [7, 11) is 0. The van der Waals surface area contributed by atoms with Crippen molar-refractivity contribution in [1.82, 2.24) is 29.9 Å². The summed E-state index contributed by atoms with van der Waals surface area (Å²) in [5, 5.41) is 13.4. The Morgan fingerprint density at radius 3 is 0.742 bits per heavy atom. The van der Waals surface area contributed by atoms with Crippen LogP contribution in [-0.2, 0) is 10.8 Å². The summed E-state index contributed by atoms with van der Waals surface area (Å²) in [6.45, 7) is 13.4. The maximum atomic E-state index is 6.43. The molecule has 0 unspecified atom stereocenters. The summed E-state index contributed by atoms with van der Waals surface area (Å²) >= 11 is 12.9. The van der Waals surface area contributed by atoms with E-state index in [2.05, 4.69) is 178 Å². The Labute approximate surface area is 371 Å². The molecular weight excluding hydrogens is 812 g/mol. The van der Waals surface area contributed by atoms with Crippen LogP contribution >= 0.6 is 23.2 Å². The molecule has 0 aliphatic carbocycles. The van der Waals surface area contributed by atoms with Gasteiger partial charge in [0.1, 0.15) is 0 Å². The average molecular weight is 856 g/mol. The van der Waals surface area contributed by atoms with Crippen molar-refractivity contribution in [3.05, 3.63) is 155 Å². The van der Waals surface area contributed by atoms with Crippen LogP contribution < -0.4 is 21.3 Å². The molecule has 0 atom stereocenters. The number of benzene rings is 6. The quantitative estimate of drug-likeness (QED) is 0.117. The lowest BCUT2D eigenvalue weighted by Gasteiger charge is -2.22. The van der Waals surface area contributed by atoms with Gasteiger partial charge in [0.2, 0.25) is 34.4 Å². The minimum Gasteiger partial charge on any atom is -0.324 e. The van der Waals surface area contributed by atoms with E-state index >= 15 is 0 Å². The molecule has 6 aromatic carbocycles. The van der Waals surface area contributed by atoms with Gasteiger partial charge in [-0.1, -0.05) is 114 Å². The summed E-state index contributed by atoms with van der Waals surface area (Å²) in [6, 6.07) is 46.2. The number of hydrogen-bond donors (Lipinski definition) is 4. The predicted molar refractivity (Wildman–Crippen MR) is 255 cm³/mol. The third-order valence-electron chi connectivity index (χ3n) is 10.7. The minimum absolute atomic E-state index is 0.0735. The van der Waals surface area contributed by atoms with E-state index in [9.17, 15) is 0 Å². The van der Waals surface area contributed by atoms with Crippen LogP contribution in [0.2, 0.25) is 10.6 Å². The van der Waals surface area contributed by atoms with E-state index in [-0.39, 0.29) is 21.4 Å². The summed E-state index contributed by atoms with van der Waals surface area (Å²) in [5.41, 5.74) is 14.2. The third-order valence-corrected chi connectivity index (χ3v) is 11.0. The lowest BCUT2D eigenvalue weighted by molar-refractivity contribution is 0.590. The molecule has 16 bridgehead atoms. The van der Waals surface area contributed by atoms with Gasteiger partial charge in [-0.2, -0.15) is 29.9 Å². The highest BCUT2D eigenvalue weighted by Gasteiger charge is 2.19. The van der Waals surface area contributed by atoms with Crippen molar-refractivity contribution in [3.63, 3.8) is 0 Å². The van der Waals surface area contributed by atoms with Gasteiger partial charge in [-0.15, -0.1) is 0 Å². The molecule has 12 heteroatoms. The van der Waals surface area contributed by atoms with Crippen molar-refractivity contribution < 1.29 is 0 Å². The molecule has 0 saturated heterocycles. The van der Waals surface area contributed by atoms with Gasteiger partial charge in [0.15, 0.2) is 0 Å². The van der Waals surface area contributed by atoms with Gasteiger partial charge < -0.3 is 21.3 Å². The van der Waals surface area contributed by atoms with E-state index < -0.39 is 0 Å². The molecule has 7 aliphatic heterocycles. The largest absolute Gasteiger partial charge is 0.324 e. The normalized spacial score (nSPS) is 12.4. The summed E-state index contributed by atoms with van der Waals surface area (Å²) < 4.78 is 0. The van der Waals surface area contributed by atoms with Crippen molar-refractivity contribution in [2.75, 3.05) is 21.3 Å². The second-order valence-electron chi connectivity index (χ2n) is 17.4. The van der Waals surface area contributed by atoms with E-state index in [4.69, 9.17) is 23.2 Å². The second-order valence-corrected chi connectivity index (χ2v) is 18.1. The standard InChI is InChI=1S/C50H44Cl2N10/c1-49(2,3)37-25-33-23-34(26-37)30-9-17-40(18-10-30)54-46-58-44(52)60-48(62-46)56-42-21-13-32(14-22-42)36-24-35(27-38(28-36)50(4,5)6)31-11-19-41(20-12-31)55-47-59-43(51)57-45(61-47)53-39-15-7-29(33)8-16-39/h7-28H,1-6H3,(H2,53,55,57,59,61)(H2,54,56,58,60,62). The van der Waals surface area contributed by atoms with Gasteiger partial charge in [-0.25, -0.2) is 0 Å². The van der Waals surface area contributed by atoms with E-state index in [0.717, 1.165) is 67.3 Å². The minimum atomic E-state index is -0.0810. The smallest absolute Gasteiger partial charge is 0.233 e. The monoisotopic (exact) mass is 854 g/mol. The van der Waals surface area contributed by atoms with Crippen molar-refractivity contribution in [1.29, 1.82) is 0 Å². The maximum Gasteiger partial charge on any atom is 0.233 e. The van der Waals surface area contributed by atoms with Gasteiger partial charge >= 0.3 is 0 Å². The van der Waals surface area contributed by atoms with Gasteiger partial charge in [0, 0.05) is 22.7 Å². The zero-order valence-electron chi connectivity index (χ0n) is 35.1. The number of hydrogen-bond acceptors (Lipinski definition) is 10. The van der Waals surface area contributed by atoms with Crippen LogP contribution in [0.15, 0.2) is 133 Å². The fourth-order valence-electron chi connectivity index (χ4n) is 7.21. The fraction of sp³-hybridized carbons (Fsp3) is 0.160. The van der Waals surface area contributed by atoms with Crippen LogP contribution in [0, 0.1) is 0 Å². The maximum absolute atomic E-state index is 6.43. The fourth-order valence-corrected chi connectivity index (χ4v) is 7.53. The van der Waals surface area contributed by atoms with Gasteiger partial charge in [-0.05, 0) is 150 Å². The molecule has 2 aromatic heterocycles. The molecule has 0 amide bonds. The Hall–Kier alpha value is -6.88. The van der Waals surface area contributed by atoms with Crippen LogP contribution in [0.3, 0.4) is 0 Å². The topological polar surface area (TPSA) is 125 Å². The highest BCUT2D eigenvalue weighted by molar-refractivity contribution is 6.28. The number of nitrogens with one attached hydrogen (secondary N) is 4. The molecule has 4 N–H and O–H groups in total. The van der Waals surface area contributed by atoms with Crippen molar-refractivity contribution >= 4 is 69.7 Å². The molecule has 0 fully saturated rings. The van der Waals surface area contributed by atoms with Crippen LogP contribution in [0.1, 0.15) is 52.7 Å². The Morgan fingerprint density at radius 2 is 0.532 bits per heavy atom. The van der Waals surface area contributed by atoms with E-state index in [0.29, 0.717) is 23.8 Å². The second kappa shape index (κ2) is 16.2. The predicted octanol–water partition coefficient (Wildman–Crippen LogP) is 13.9. The highest BCUT2D eigenvalue weighted by atomic mass is 35.5. The highest BCUT2D eigenvalue weighted by Crippen LogP contribution is 2.37. The molecule has 15 rings (SSSR count). The van der Waals surface area contributed by atoms with E-state index in [1.807, 2.05) is 48.5 Å². The number of anilines is 8. The molecule has 8 aromatic rings. The molecule has 62 heavy (non-hydrogen) atoms. The third kappa shape index (κ3) is 9.22. The van der Waals surface area contributed by atoms with Crippen LogP contribution in [0.4, 0.5) is 46.5 Å². The number of rotatable bonds is 0. The first-order chi connectivity index (χ1) is 29.7. The molecular formula is C50H44Cl2N10. The van der Waals surface area contributed by atoms with E-state index in [1.165, 1.54) is 11.1 Å². The van der Waals surface area contributed by atoms with E-state index in [1.54, 1.807) is 0 Å². The summed E-state index contributed by atoms with van der Waals surface area (Å²) in [6.07, 6.45) is 0. The first-order valence-electron chi connectivity index (χ1n) is 20.3. The Morgan fingerprint density at radius 1 is 0.306 bits per heavy atom. The zero-order valence-corrected chi connectivity index (χ0v) is 36.7. The first kappa shape index (κ1) is 40.5. The molecule has 9 heterocycles. The number of nitrogens with zero attached hydrogens (tertiary/aromatic N) is 6. The molecule has 7 aliphatic rings. The molecule has 0 radical (unpaired) electrons. The molecule has 0 saturated carbocycles. The van der Waals surface area contributed by atoms with Crippen molar-refractivity contribution in [3.8, 4) is 44.5 Å².